The fourth-order valence-electron chi connectivity index (χ4n) is 1.13. The maximum absolute atomic E-state index is 11.4. The van der Waals surface area contributed by atoms with Gasteiger partial charge in [-0.25, -0.2) is 9.97 Å². The van der Waals surface area contributed by atoms with Gasteiger partial charge in [-0.1, -0.05) is 11.6 Å². The van der Waals surface area contributed by atoms with Crippen LogP contribution < -0.4 is 5.56 Å². The van der Waals surface area contributed by atoms with Crippen LogP contribution in [0.1, 0.15) is 0 Å². The highest BCUT2D eigenvalue weighted by Gasteiger charge is 1.98. The number of hydrogen-bond donors (Lipinski definition) is 0. The predicted molar refractivity (Wildman–Crippen MR) is 53.5 cm³/mol. The van der Waals surface area contributed by atoms with Crippen LogP contribution in [0.25, 0.3) is 0 Å². The first-order valence-electron chi connectivity index (χ1n) is 4.30. The molecule has 0 radical (unpaired) electrons. The third-order valence-corrected chi connectivity index (χ3v) is 2.09. The summed E-state index contributed by atoms with van der Waals surface area (Å²) in [7, 11) is 0. The summed E-state index contributed by atoms with van der Waals surface area (Å²) in [6.45, 7) is 1.07. The molecule has 2 heterocycles. The highest BCUT2D eigenvalue weighted by molar-refractivity contribution is 6.29. The van der Waals surface area contributed by atoms with Gasteiger partial charge in [0.25, 0.3) is 5.56 Å². The molecule has 0 bridgehead atoms. The maximum atomic E-state index is 11.4. The molecule has 0 unspecified atom stereocenters. The molecule has 0 amide bonds. The number of nitrogens with zero attached hydrogens (tertiary/aromatic N) is 5. The highest BCUT2D eigenvalue weighted by Crippen LogP contribution is 1.96. The van der Waals surface area contributed by atoms with Crippen LogP contribution in [-0.4, -0.2) is 24.3 Å². The van der Waals surface area contributed by atoms with Gasteiger partial charge in [0.05, 0.1) is 12.9 Å². The summed E-state index contributed by atoms with van der Waals surface area (Å²) >= 11 is 5.56. The quantitative estimate of drug-likeness (QED) is 0.700. The molecule has 0 aliphatic carbocycles. The molecule has 0 aliphatic rings. The summed E-state index contributed by atoms with van der Waals surface area (Å²) in [5.41, 5.74) is -0.171. The number of aromatic nitrogens is 5. The fraction of sp³-hybridized carbons (Fsp3) is 0.250. The normalized spacial score (nSPS) is 10.5. The van der Waals surface area contributed by atoms with Crippen molar-refractivity contribution in [1.82, 2.24) is 24.3 Å². The molecule has 0 atom stereocenters. The lowest BCUT2D eigenvalue weighted by atomic mass is 10.5. The van der Waals surface area contributed by atoms with E-state index in [0.717, 1.165) is 0 Å². The van der Waals surface area contributed by atoms with E-state index in [0.29, 0.717) is 13.1 Å². The Morgan fingerprint density at radius 2 is 2.20 bits per heavy atom. The molecule has 0 N–H and O–H groups in total. The van der Waals surface area contributed by atoms with Crippen LogP contribution in [0.4, 0.5) is 0 Å². The highest BCUT2D eigenvalue weighted by atomic mass is 35.5. The van der Waals surface area contributed by atoms with E-state index in [1.165, 1.54) is 23.3 Å². The van der Waals surface area contributed by atoms with E-state index in [1.807, 2.05) is 0 Å². The Bertz CT molecular complexity index is 492. The van der Waals surface area contributed by atoms with E-state index < -0.39 is 0 Å². The van der Waals surface area contributed by atoms with Crippen LogP contribution in [0.3, 0.4) is 0 Å². The van der Waals surface area contributed by atoms with E-state index in [1.54, 1.807) is 11.0 Å². The van der Waals surface area contributed by atoms with E-state index in [-0.39, 0.29) is 10.7 Å². The van der Waals surface area contributed by atoms with Crippen molar-refractivity contribution in [3.8, 4) is 0 Å². The zero-order valence-corrected chi connectivity index (χ0v) is 8.50. The second-order valence-electron chi connectivity index (χ2n) is 2.90. The molecule has 7 heteroatoms. The summed E-state index contributed by atoms with van der Waals surface area (Å²) in [6, 6.07) is 1.28. The van der Waals surface area contributed by atoms with Gasteiger partial charge in [-0.15, -0.1) is 0 Å². The largest absolute Gasteiger partial charge is 0.297 e. The van der Waals surface area contributed by atoms with Crippen molar-refractivity contribution in [2.75, 3.05) is 0 Å². The summed E-state index contributed by atoms with van der Waals surface area (Å²) in [6.07, 6.45) is 4.46. The van der Waals surface area contributed by atoms with Crippen LogP contribution in [0.5, 0.6) is 0 Å². The molecule has 2 aromatic rings. The molecule has 78 valence electrons. The summed E-state index contributed by atoms with van der Waals surface area (Å²) in [5.74, 6) is 0. The Hall–Kier alpha value is -1.69. The summed E-state index contributed by atoms with van der Waals surface area (Å²) in [5, 5.41) is 4.13. The average molecular weight is 226 g/mol. The third kappa shape index (κ3) is 2.41. The molecule has 0 spiro atoms. The molecular weight excluding hydrogens is 218 g/mol. The Labute approximate surface area is 90.2 Å². The van der Waals surface area contributed by atoms with Gasteiger partial charge >= 0.3 is 0 Å². The molecule has 15 heavy (non-hydrogen) atoms. The van der Waals surface area contributed by atoms with E-state index in [4.69, 9.17) is 11.6 Å². The second-order valence-corrected chi connectivity index (χ2v) is 3.29. The smallest absolute Gasteiger partial charge is 0.254 e. The van der Waals surface area contributed by atoms with Crippen molar-refractivity contribution in [1.29, 1.82) is 0 Å². The lowest BCUT2D eigenvalue weighted by molar-refractivity contribution is 0.518. The Morgan fingerprint density at radius 1 is 1.33 bits per heavy atom. The van der Waals surface area contributed by atoms with Crippen molar-refractivity contribution in [2.24, 2.45) is 0 Å². The van der Waals surface area contributed by atoms with Crippen LogP contribution >= 0.6 is 11.6 Å². The van der Waals surface area contributed by atoms with E-state index >= 15 is 0 Å². The van der Waals surface area contributed by atoms with Crippen molar-refractivity contribution < 1.29 is 0 Å². The standard InChI is InChI=1S/C8H8ClN5O/c9-7-3-8(15)13(6-11-7)1-2-14-5-10-4-12-14/h3-6H,1-2H2. The first kappa shape index (κ1) is 9.85. The van der Waals surface area contributed by atoms with Gasteiger partial charge in [0.15, 0.2) is 0 Å². The first-order valence-corrected chi connectivity index (χ1v) is 4.68. The van der Waals surface area contributed by atoms with Gasteiger partial charge in [0.2, 0.25) is 0 Å². The molecule has 0 aromatic carbocycles. The lowest BCUT2D eigenvalue weighted by Crippen LogP contribution is -2.21. The van der Waals surface area contributed by atoms with Crippen LogP contribution in [-0.2, 0) is 13.1 Å². The molecule has 0 saturated heterocycles. The Morgan fingerprint density at radius 3 is 2.87 bits per heavy atom. The molecule has 0 saturated carbocycles. The molecule has 0 aliphatic heterocycles. The first-order chi connectivity index (χ1) is 7.25. The zero-order chi connectivity index (χ0) is 10.7. The fourth-order valence-corrected chi connectivity index (χ4v) is 1.27. The SMILES string of the molecule is O=c1cc(Cl)ncn1CCn1cncn1. The van der Waals surface area contributed by atoms with E-state index in [2.05, 4.69) is 15.1 Å². The maximum Gasteiger partial charge on any atom is 0.254 e. The number of aryl methyl sites for hydroxylation is 2. The molecule has 2 aromatic heterocycles. The topological polar surface area (TPSA) is 65.6 Å². The summed E-state index contributed by atoms with van der Waals surface area (Å²) < 4.78 is 3.11. The third-order valence-electron chi connectivity index (χ3n) is 1.88. The Kier molecular flexibility index (Phi) is 2.77. The number of rotatable bonds is 3. The van der Waals surface area contributed by atoms with Crippen LogP contribution in [0, 0.1) is 0 Å². The van der Waals surface area contributed by atoms with Crippen LogP contribution in [0.15, 0.2) is 29.8 Å². The molecule has 0 fully saturated rings. The van der Waals surface area contributed by atoms with Gasteiger partial charge in [0.1, 0.15) is 17.8 Å². The minimum Gasteiger partial charge on any atom is -0.297 e. The van der Waals surface area contributed by atoms with Gasteiger partial charge in [-0.05, 0) is 0 Å². The van der Waals surface area contributed by atoms with E-state index in [9.17, 15) is 4.79 Å². The zero-order valence-electron chi connectivity index (χ0n) is 7.75. The second kappa shape index (κ2) is 4.22. The molecule has 2 rings (SSSR count). The van der Waals surface area contributed by atoms with Crippen molar-refractivity contribution >= 4 is 11.6 Å². The average Bonchev–Trinajstić information content (AvgIpc) is 2.69. The Balaban J connectivity index is 2.09. The van der Waals surface area contributed by atoms with Gasteiger partial charge in [-0.3, -0.25) is 14.0 Å². The van der Waals surface area contributed by atoms with Gasteiger partial charge in [-0.2, -0.15) is 5.10 Å². The summed E-state index contributed by atoms with van der Waals surface area (Å²) in [4.78, 5) is 19.0. The minimum atomic E-state index is -0.171. The van der Waals surface area contributed by atoms with Gasteiger partial charge in [0, 0.05) is 12.6 Å². The number of halogens is 1. The monoisotopic (exact) mass is 225 g/mol. The van der Waals surface area contributed by atoms with Crippen molar-refractivity contribution in [2.45, 2.75) is 13.1 Å². The van der Waals surface area contributed by atoms with Crippen LogP contribution in [0.2, 0.25) is 5.15 Å². The predicted octanol–water partition coefficient (Wildman–Crippen LogP) is 0.188. The van der Waals surface area contributed by atoms with Gasteiger partial charge < -0.3 is 0 Å². The lowest BCUT2D eigenvalue weighted by Gasteiger charge is -2.03. The minimum absolute atomic E-state index is 0.171. The molecule has 6 nitrogen and oxygen atoms in total. The van der Waals surface area contributed by atoms with Crippen molar-refractivity contribution in [3.63, 3.8) is 0 Å². The van der Waals surface area contributed by atoms with Crippen molar-refractivity contribution in [3.05, 3.63) is 40.6 Å². The molecular formula is C8H8ClN5O. The number of hydrogen-bond acceptors (Lipinski definition) is 4.